The van der Waals surface area contributed by atoms with E-state index in [0.717, 1.165) is 5.56 Å². The Labute approximate surface area is 189 Å². The summed E-state index contributed by atoms with van der Waals surface area (Å²) >= 11 is 6.25. The number of primary amides is 1. The Morgan fingerprint density at radius 1 is 1.12 bits per heavy atom. The first kappa shape index (κ1) is 20.7. The van der Waals surface area contributed by atoms with Crippen molar-refractivity contribution >= 4 is 40.9 Å². The smallest absolute Gasteiger partial charge is 0.250 e. The number of benzene rings is 2. The van der Waals surface area contributed by atoms with Gasteiger partial charge < -0.3 is 11.1 Å². The minimum atomic E-state index is -1.48. The highest BCUT2D eigenvalue weighted by Crippen LogP contribution is 2.54. The summed E-state index contributed by atoms with van der Waals surface area (Å²) in [5.74, 6) is -3.80. The molecule has 5 rings (SSSR count). The molecule has 8 nitrogen and oxygen atoms in total. The molecule has 2 saturated heterocycles. The summed E-state index contributed by atoms with van der Waals surface area (Å²) in [4.78, 5) is 53.5. The van der Waals surface area contributed by atoms with Crippen LogP contribution in [0.15, 0.2) is 42.5 Å². The third kappa shape index (κ3) is 2.73. The lowest BCUT2D eigenvalue weighted by Gasteiger charge is -2.29. The number of nitrogens with two attached hydrogens (primary N) is 1. The van der Waals surface area contributed by atoms with Gasteiger partial charge in [-0.2, -0.15) is 0 Å². The van der Waals surface area contributed by atoms with Gasteiger partial charge in [0.05, 0.1) is 24.1 Å². The SMILES string of the molecule is Cc1c(Cl)ccc2c1NC(=O)[C@]21N[C@H](CC(N)=O)[C@H]2C(=O)N(Cc3ccccc3)C(=O)[C@H]21. The first-order valence-electron chi connectivity index (χ1n) is 10.3. The lowest BCUT2D eigenvalue weighted by atomic mass is 9.76. The van der Waals surface area contributed by atoms with Crippen molar-refractivity contribution in [1.82, 2.24) is 10.2 Å². The van der Waals surface area contributed by atoms with Crippen LogP contribution in [0.4, 0.5) is 5.69 Å². The molecular weight excluding hydrogens is 432 g/mol. The standard InChI is InChI=1S/C23H21ClN4O4/c1-11-14(24)8-7-13-19(11)26-22(32)23(13)18-17(15(27-23)9-16(25)29)20(30)28(21(18)31)10-12-5-3-2-4-6-12/h2-8,15,17-18,27H,9-10H2,1H3,(H2,25,29)(H,26,32)/t15-,17-,18+,23+/m1/s1. The number of anilines is 1. The number of nitrogens with one attached hydrogen (secondary N) is 2. The first-order valence-corrected chi connectivity index (χ1v) is 10.7. The molecule has 32 heavy (non-hydrogen) atoms. The zero-order chi connectivity index (χ0) is 22.8. The monoisotopic (exact) mass is 452 g/mol. The maximum Gasteiger partial charge on any atom is 0.250 e. The molecule has 4 amide bonds. The van der Waals surface area contributed by atoms with E-state index in [1.807, 2.05) is 30.3 Å². The Morgan fingerprint density at radius 2 is 1.84 bits per heavy atom. The van der Waals surface area contributed by atoms with Crippen LogP contribution in [0.3, 0.4) is 0 Å². The van der Waals surface area contributed by atoms with E-state index in [-0.39, 0.29) is 13.0 Å². The van der Waals surface area contributed by atoms with Crippen molar-refractivity contribution < 1.29 is 19.2 Å². The van der Waals surface area contributed by atoms with Gasteiger partial charge in [0.15, 0.2) is 0 Å². The summed E-state index contributed by atoms with van der Waals surface area (Å²) < 4.78 is 0. The molecule has 0 saturated carbocycles. The number of imide groups is 1. The van der Waals surface area contributed by atoms with Crippen LogP contribution in [0.2, 0.25) is 5.02 Å². The molecule has 0 unspecified atom stereocenters. The van der Waals surface area contributed by atoms with E-state index in [4.69, 9.17) is 17.3 Å². The Bertz CT molecular complexity index is 1180. The highest BCUT2D eigenvalue weighted by molar-refractivity contribution is 6.32. The lowest BCUT2D eigenvalue weighted by molar-refractivity contribution is -0.143. The summed E-state index contributed by atoms with van der Waals surface area (Å²) in [5.41, 5.74) is 6.51. The molecule has 4 N–H and O–H groups in total. The van der Waals surface area contributed by atoms with Crippen molar-refractivity contribution in [2.24, 2.45) is 17.6 Å². The van der Waals surface area contributed by atoms with Gasteiger partial charge in [0.1, 0.15) is 5.54 Å². The minimum Gasteiger partial charge on any atom is -0.370 e. The van der Waals surface area contributed by atoms with Crippen molar-refractivity contribution in [2.75, 3.05) is 5.32 Å². The van der Waals surface area contributed by atoms with Crippen molar-refractivity contribution in [3.8, 4) is 0 Å². The number of nitrogens with zero attached hydrogens (tertiary/aromatic N) is 1. The first-order chi connectivity index (χ1) is 15.3. The fourth-order valence-electron chi connectivity index (χ4n) is 5.36. The van der Waals surface area contributed by atoms with Crippen molar-refractivity contribution in [2.45, 2.75) is 31.5 Å². The molecule has 0 aromatic heterocycles. The summed E-state index contributed by atoms with van der Waals surface area (Å²) in [6.45, 7) is 1.87. The molecule has 3 heterocycles. The molecule has 3 aliphatic rings. The third-order valence-electron chi connectivity index (χ3n) is 6.78. The van der Waals surface area contributed by atoms with E-state index in [1.165, 1.54) is 4.90 Å². The van der Waals surface area contributed by atoms with Gasteiger partial charge in [0.25, 0.3) is 0 Å². The Kier molecular flexibility index (Phi) is 4.61. The maximum atomic E-state index is 13.6. The van der Waals surface area contributed by atoms with E-state index in [9.17, 15) is 19.2 Å². The highest BCUT2D eigenvalue weighted by Gasteiger charge is 2.70. The van der Waals surface area contributed by atoms with E-state index in [0.29, 0.717) is 21.8 Å². The van der Waals surface area contributed by atoms with Gasteiger partial charge in [-0.05, 0) is 24.1 Å². The minimum absolute atomic E-state index is 0.0962. The molecule has 1 spiro atoms. The highest BCUT2D eigenvalue weighted by atomic mass is 35.5. The maximum absolute atomic E-state index is 13.6. The van der Waals surface area contributed by atoms with Gasteiger partial charge in [-0.25, -0.2) is 0 Å². The zero-order valence-electron chi connectivity index (χ0n) is 17.2. The number of carbonyl (C=O) groups excluding carboxylic acids is 4. The predicted molar refractivity (Wildman–Crippen MR) is 116 cm³/mol. The summed E-state index contributed by atoms with van der Waals surface area (Å²) in [6.07, 6.45) is -0.170. The summed E-state index contributed by atoms with van der Waals surface area (Å²) in [7, 11) is 0. The van der Waals surface area contributed by atoms with Gasteiger partial charge in [0.2, 0.25) is 23.6 Å². The summed E-state index contributed by atoms with van der Waals surface area (Å²) in [6, 6.07) is 11.8. The van der Waals surface area contributed by atoms with Crippen molar-refractivity contribution in [3.63, 3.8) is 0 Å². The number of amides is 4. The van der Waals surface area contributed by atoms with Crippen LogP contribution < -0.4 is 16.4 Å². The average molecular weight is 453 g/mol. The number of hydrogen-bond acceptors (Lipinski definition) is 5. The number of halogens is 1. The topological polar surface area (TPSA) is 122 Å². The zero-order valence-corrected chi connectivity index (χ0v) is 18.0. The molecule has 3 aliphatic heterocycles. The fraction of sp³-hybridized carbons (Fsp3) is 0.304. The van der Waals surface area contributed by atoms with E-state index >= 15 is 0 Å². The Balaban J connectivity index is 1.63. The molecule has 164 valence electrons. The average Bonchev–Trinajstić information content (AvgIpc) is 3.32. The van der Waals surface area contributed by atoms with Crippen LogP contribution >= 0.6 is 11.6 Å². The molecule has 0 radical (unpaired) electrons. The Morgan fingerprint density at radius 3 is 2.53 bits per heavy atom. The van der Waals surface area contributed by atoms with E-state index < -0.39 is 47.0 Å². The van der Waals surface area contributed by atoms with Crippen LogP contribution in [-0.2, 0) is 31.3 Å². The second-order valence-electron chi connectivity index (χ2n) is 8.53. The predicted octanol–water partition coefficient (Wildman–Crippen LogP) is 1.44. The van der Waals surface area contributed by atoms with Crippen LogP contribution in [-0.4, -0.2) is 34.6 Å². The lowest BCUT2D eigenvalue weighted by Crippen LogP contribution is -2.53. The fourth-order valence-corrected chi connectivity index (χ4v) is 5.52. The van der Waals surface area contributed by atoms with Gasteiger partial charge >= 0.3 is 0 Å². The number of fused-ring (bicyclic) bond motifs is 4. The summed E-state index contributed by atoms with van der Waals surface area (Å²) in [5, 5.41) is 6.49. The van der Waals surface area contributed by atoms with E-state index in [1.54, 1.807) is 19.1 Å². The molecule has 2 aromatic rings. The number of likely N-dealkylation sites (tertiary alicyclic amines) is 1. The molecule has 9 heteroatoms. The number of rotatable bonds is 4. The second-order valence-corrected chi connectivity index (χ2v) is 8.94. The van der Waals surface area contributed by atoms with Crippen LogP contribution in [0.1, 0.15) is 23.1 Å². The van der Waals surface area contributed by atoms with Crippen molar-refractivity contribution in [1.29, 1.82) is 0 Å². The van der Waals surface area contributed by atoms with Crippen molar-refractivity contribution in [3.05, 3.63) is 64.2 Å². The molecule has 4 atom stereocenters. The van der Waals surface area contributed by atoms with Crippen LogP contribution in [0.5, 0.6) is 0 Å². The number of carbonyl (C=O) groups is 4. The molecule has 0 aliphatic carbocycles. The Hall–Kier alpha value is -3.23. The van der Waals surface area contributed by atoms with Crippen LogP contribution in [0.25, 0.3) is 0 Å². The second kappa shape index (κ2) is 7.15. The molecule has 2 aromatic carbocycles. The molecule has 2 fully saturated rings. The largest absolute Gasteiger partial charge is 0.370 e. The molecular formula is C23H21ClN4O4. The molecule has 0 bridgehead atoms. The normalized spacial score (nSPS) is 28.2. The number of hydrogen-bond donors (Lipinski definition) is 3. The van der Waals surface area contributed by atoms with Gasteiger partial charge in [-0.15, -0.1) is 0 Å². The van der Waals surface area contributed by atoms with Gasteiger partial charge in [-0.1, -0.05) is 48.0 Å². The third-order valence-corrected chi connectivity index (χ3v) is 7.19. The van der Waals surface area contributed by atoms with Crippen LogP contribution in [0, 0.1) is 18.8 Å². The van der Waals surface area contributed by atoms with Gasteiger partial charge in [0, 0.05) is 23.0 Å². The quantitative estimate of drug-likeness (QED) is 0.606. The van der Waals surface area contributed by atoms with Gasteiger partial charge in [-0.3, -0.25) is 29.4 Å². The van der Waals surface area contributed by atoms with E-state index in [2.05, 4.69) is 10.6 Å².